The molecule has 0 atom stereocenters. The fourth-order valence-corrected chi connectivity index (χ4v) is 4.58. The van der Waals surface area contributed by atoms with Crippen molar-refractivity contribution in [3.63, 3.8) is 0 Å². The van der Waals surface area contributed by atoms with E-state index in [9.17, 15) is 4.79 Å². The first-order valence-electron chi connectivity index (χ1n) is 10.4. The molecule has 2 saturated heterocycles. The summed E-state index contributed by atoms with van der Waals surface area (Å²) in [7, 11) is 0. The summed E-state index contributed by atoms with van der Waals surface area (Å²) in [6, 6.07) is 14.5. The second kappa shape index (κ2) is 7.77. The van der Waals surface area contributed by atoms with Gasteiger partial charge < -0.3 is 9.80 Å². The van der Waals surface area contributed by atoms with E-state index < -0.39 is 0 Å². The average molecular weight is 391 g/mol. The molecule has 5 rings (SSSR count). The Hall–Kier alpha value is -3.03. The van der Waals surface area contributed by atoms with Crippen LogP contribution < -0.4 is 4.90 Å². The largest absolute Gasteiger partial charge is 0.355 e. The Morgan fingerprint density at radius 3 is 2.41 bits per heavy atom. The molecule has 1 amide bonds. The van der Waals surface area contributed by atoms with Crippen LogP contribution in [-0.2, 0) is 4.79 Å². The molecule has 0 N–H and O–H groups in total. The average Bonchev–Trinajstić information content (AvgIpc) is 3.27. The van der Waals surface area contributed by atoms with Crippen LogP contribution in [-0.4, -0.2) is 62.2 Å². The second-order valence-corrected chi connectivity index (χ2v) is 7.99. The van der Waals surface area contributed by atoms with Crippen LogP contribution in [0.25, 0.3) is 5.65 Å². The smallest absolute Gasteiger partial charge is 0.225 e. The van der Waals surface area contributed by atoms with Crippen LogP contribution >= 0.6 is 0 Å². The third kappa shape index (κ3) is 3.66. The number of anilines is 1. The molecule has 3 aromatic rings. The third-order valence-electron chi connectivity index (χ3n) is 6.30. The van der Waals surface area contributed by atoms with Crippen molar-refractivity contribution in [2.45, 2.75) is 31.6 Å². The van der Waals surface area contributed by atoms with Crippen molar-refractivity contribution in [1.29, 1.82) is 0 Å². The molecular formula is C21H25N7O. The minimum atomic E-state index is 0.122. The monoisotopic (exact) mass is 391 g/mol. The highest BCUT2D eigenvalue weighted by molar-refractivity contribution is 5.79. The molecular weight excluding hydrogens is 366 g/mol. The molecule has 29 heavy (non-hydrogen) atoms. The van der Waals surface area contributed by atoms with Gasteiger partial charge in [0.2, 0.25) is 5.91 Å². The number of aromatic nitrogens is 5. The highest BCUT2D eigenvalue weighted by Crippen LogP contribution is 2.30. The number of carbonyl (C=O) groups is 1. The molecule has 8 nitrogen and oxygen atoms in total. The Labute approximate surface area is 169 Å². The summed E-state index contributed by atoms with van der Waals surface area (Å²) < 4.78 is 1.45. The fourth-order valence-electron chi connectivity index (χ4n) is 4.58. The van der Waals surface area contributed by atoms with Gasteiger partial charge in [0.05, 0.1) is 0 Å². The van der Waals surface area contributed by atoms with Gasteiger partial charge in [0.1, 0.15) is 0 Å². The summed E-state index contributed by atoms with van der Waals surface area (Å²) in [6.07, 6.45) is 3.86. The van der Waals surface area contributed by atoms with Gasteiger partial charge >= 0.3 is 0 Å². The van der Waals surface area contributed by atoms with Crippen molar-refractivity contribution < 1.29 is 4.79 Å². The van der Waals surface area contributed by atoms with Crippen LogP contribution in [0, 0.1) is 5.92 Å². The zero-order valence-corrected chi connectivity index (χ0v) is 16.4. The topological polar surface area (TPSA) is 79.5 Å². The minimum Gasteiger partial charge on any atom is -0.355 e. The van der Waals surface area contributed by atoms with Gasteiger partial charge in [-0.3, -0.25) is 4.79 Å². The van der Waals surface area contributed by atoms with Gasteiger partial charge in [-0.1, -0.05) is 30.3 Å². The number of likely N-dealkylation sites (tertiary alicyclic amines) is 1. The Morgan fingerprint density at radius 2 is 1.66 bits per heavy atom. The summed E-state index contributed by atoms with van der Waals surface area (Å²) in [5.41, 5.74) is 2.04. The summed E-state index contributed by atoms with van der Waals surface area (Å²) in [5.74, 6) is 1.89. The number of fused-ring (bicyclic) bond motifs is 1. The van der Waals surface area contributed by atoms with Crippen LogP contribution in [0.4, 0.5) is 5.82 Å². The van der Waals surface area contributed by atoms with Crippen LogP contribution in [0.3, 0.4) is 0 Å². The number of nitrogens with zero attached hydrogens (tertiary/aromatic N) is 7. The Balaban J connectivity index is 1.15. The molecule has 0 saturated carbocycles. The molecule has 2 aliphatic heterocycles. The maximum atomic E-state index is 13.0. The number of amides is 1. The summed E-state index contributed by atoms with van der Waals surface area (Å²) in [6.45, 7) is 3.40. The molecule has 2 fully saturated rings. The van der Waals surface area contributed by atoms with Crippen LogP contribution in [0.2, 0.25) is 0 Å². The van der Waals surface area contributed by atoms with E-state index in [1.165, 1.54) is 10.2 Å². The predicted octanol–water partition coefficient (Wildman–Crippen LogP) is 2.14. The van der Waals surface area contributed by atoms with E-state index in [-0.39, 0.29) is 5.92 Å². The molecule has 2 aromatic heterocycles. The number of hydrogen-bond donors (Lipinski definition) is 0. The molecule has 1 aromatic carbocycles. The van der Waals surface area contributed by atoms with Gasteiger partial charge in [-0.05, 0) is 59.7 Å². The molecule has 2 aliphatic rings. The SMILES string of the molecule is O=C(C1CCN(c2ccc3nnnn3n2)CC1)N1CCC(c2ccccc2)CC1. The number of tetrazole rings is 1. The maximum absolute atomic E-state index is 13.0. The summed E-state index contributed by atoms with van der Waals surface area (Å²) in [4.78, 5) is 17.3. The summed E-state index contributed by atoms with van der Waals surface area (Å²) >= 11 is 0. The molecule has 0 bridgehead atoms. The highest BCUT2D eigenvalue weighted by atomic mass is 16.2. The number of benzene rings is 1. The highest BCUT2D eigenvalue weighted by Gasteiger charge is 2.31. The second-order valence-electron chi connectivity index (χ2n) is 7.99. The lowest BCUT2D eigenvalue weighted by molar-refractivity contribution is -0.137. The molecule has 0 unspecified atom stereocenters. The van der Waals surface area contributed by atoms with Crippen LogP contribution in [0.15, 0.2) is 42.5 Å². The van der Waals surface area contributed by atoms with Crippen molar-refractivity contribution in [3.05, 3.63) is 48.0 Å². The van der Waals surface area contributed by atoms with E-state index in [2.05, 4.69) is 60.8 Å². The van der Waals surface area contributed by atoms with Crippen molar-refractivity contribution in [1.82, 2.24) is 30.2 Å². The zero-order chi connectivity index (χ0) is 19.6. The predicted molar refractivity (Wildman–Crippen MR) is 109 cm³/mol. The van der Waals surface area contributed by atoms with Gasteiger partial charge in [0, 0.05) is 32.1 Å². The minimum absolute atomic E-state index is 0.122. The van der Waals surface area contributed by atoms with Crippen molar-refractivity contribution in [2.75, 3.05) is 31.1 Å². The van der Waals surface area contributed by atoms with E-state index in [1.807, 2.05) is 12.1 Å². The van der Waals surface area contributed by atoms with Gasteiger partial charge in [-0.2, -0.15) is 0 Å². The standard InChI is InChI=1S/C21H25N7O/c29-21(27-14-8-17(9-15-27)16-4-2-1-3-5-16)18-10-12-26(13-11-18)20-7-6-19-22-24-25-28(19)23-20/h1-7,17-18H,8-15H2. The Bertz CT molecular complexity index is 973. The molecule has 0 radical (unpaired) electrons. The van der Waals surface area contributed by atoms with E-state index in [4.69, 9.17) is 0 Å². The van der Waals surface area contributed by atoms with Crippen LogP contribution in [0.1, 0.15) is 37.2 Å². The third-order valence-corrected chi connectivity index (χ3v) is 6.30. The molecule has 4 heterocycles. The van der Waals surface area contributed by atoms with Gasteiger partial charge in [-0.25, -0.2) is 0 Å². The molecule has 8 heteroatoms. The Kier molecular flexibility index (Phi) is 4.83. The van der Waals surface area contributed by atoms with E-state index in [0.29, 0.717) is 17.5 Å². The first-order valence-corrected chi connectivity index (χ1v) is 10.4. The lowest BCUT2D eigenvalue weighted by Gasteiger charge is -2.37. The Morgan fingerprint density at radius 1 is 0.897 bits per heavy atom. The van der Waals surface area contributed by atoms with E-state index >= 15 is 0 Å². The van der Waals surface area contributed by atoms with Gasteiger partial charge in [0.25, 0.3) is 0 Å². The van der Waals surface area contributed by atoms with Crippen molar-refractivity contribution in [2.24, 2.45) is 5.92 Å². The number of piperidine rings is 2. The quantitative estimate of drug-likeness (QED) is 0.681. The van der Waals surface area contributed by atoms with Crippen molar-refractivity contribution in [3.8, 4) is 0 Å². The van der Waals surface area contributed by atoms with E-state index in [0.717, 1.165) is 57.7 Å². The molecule has 0 spiro atoms. The molecule has 150 valence electrons. The van der Waals surface area contributed by atoms with Gasteiger partial charge in [-0.15, -0.1) is 14.8 Å². The summed E-state index contributed by atoms with van der Waals surface area (Å²) in [5, 5.41) is 15.8. The fraction of sp³-hybridized carbons (Fsp3) is 0.476. The van der Waals surface area contributed by atoms with Crippen molar-refractivity contribution >= 4 is 17.4 Å². The lowest BCUT2D eigenvalue weighted by Crippen LogP contribution is -2.45. The van der Waals surface area contributed by atoms with E-state index in [1.54, 1.807) is 0 Å². The lowest BCUT2D eigenvalue weighted by atomic mass is 9.88. The normalized spacial score (nSPS) is 19.0. The number of rotatable bonds is 3. The maximum Gasteiger partial charge on any atom is 0.225 e. The first kappa shape index (κ1) is 18.0. The molecule has 0 aliphatic carbocycles. The van der Waals surface area contributed by atoms with Gasteiger partial charge in [0.15, 0.2) is 11.5 Å². The first-order chi connectivity index (χ1) is 14.3. The van der Waals surface area contributed by atoms with Crippen LogP contribution in [0.5, 0.6) is 0 Å². The zero-order valence-electron chi connectivity index (χ0n) is 16.4. The number of carbonyl (C=O) groups excluding carboxylic acids is 1. The number of hydrogen-bond acceptors (Lipinski definition) is 6.